The van der Waals surface area contributed by atoms with Crippen molar-refractivity contribution in [2.24, 2.45) is 0 Å². The highest BCUT2D eigenvalue weighted by Gasteiger charge is 2.27. The number of ether oxygens (including phenoxy) is 2. The Balaban J connectivity index is 1.74. The van der Waals surface area contributed by atoms with E-state index in [-0.39, 0.29) is 0 Å². The quantitative estimate of drug-likeness (QED) is 0.850. The highest BCUT2D eigenvalue weighted by atomic mass is 32.1. The summed E-state index contributed by atoms with van der Waals surface area (Å²) in [5, 5.41) is 3.22. The second kappa shape index (κ2) is 6.45. The van der Waals surface area contributed by atoms with E-state index in [1.165, 1.54) is 10.6 Å². The number of hydrogen-bond donors (Lipinski definition) is 0. The van der Waals surface area contributed by atoms with Crippen LogP contribution in [0.5, 0.6) is 11.5 Å². The first-order valence-corrected chi connectivity index (χ1v) is 8.01. The second-order valence-corrected chi connectivity index (χ2v) is 6.21. The Morgan fingerprint density at radius 3 is 2.95 bits per heavy atom. The van der Waals surface area contributed by atoms with Crippen molar-refractivity contribution >= 4 is 11.3 Å². The predicted molar refractivity (Wildman–Crippen MR) is 84.3 cm³/mol. The van der Waals surface area contributed by atoms with Gasteiger partial charge in [-0.15, -0.1) is 11.3 Å². The van der Waals surface area contributed by atoms with E-state index in [9.17, 15) is 0 Å². The number of benzene rings is 1. The van der Waals surface area contributed by atoms with Crippen LogP contribution in [0.1, 0.15) is 22.9 Å². The molecule has 1 aromatic heterocycles. The normalized spacial score (nSPS) is 18.9. The first-order valence-electron chi connectivity index (χ1n) is 7.13. The molecular formula is C16H20N2O2S. The predicted octanol–water partition coefficient (Wildman–Crippen LogP) is 3.15. The van der Waals surface area contributed by atoms with Crippen molar-refractivity contribution < 1.29 is 9.47 Å². The van der Waals surface area contributed by atoms with Gasteiger partial charge in [0.1, 0.15) is 5.01 Å². The van der Waals surface area contributed by atoms with Crippen molar-refractivity contribution in [1.82, 2.24) is 9.88 Å². The monoisotopic (exact) mass is 304 g/mol. The highest BCUT2D eigenvalue weighted by molar-refractivity contribution is 7.09. The van der Waals surface area contributed by atoms with Crippen LogP contribution < -0.4 is 9.47 Å². The minimum absolute atomic E-state index is 0.495. The summed E-state index contributed by atoms with van der Waals surface area (Å²) in [6.45, 7) is 3.09. The van der Waals surface area contributed by atoms with Crippen LogP contribution in [0.4, 0.5) is 0 Å². The molecule has 0 amide bonds. The lowest BCUT2D eigenvalue weighted by Gasteiger charge is -2.18. The molecule has 3 rings (SSSR count). The molecule has 1 unspecified atom stereocenters. The molecule has 1 aliphatic rings. The van der Waals surface area contributed by atoms with Gasteiger partial charge in [0, 0.05) is 29.6 Å². The molecule has 1 fully saturated rings. The van der Waals surface area contributed by atoms with Gasteiger partial charge in [0.15, 0.2) is 11.5 Å². The van der Waals surface area contributed by atoms with Crippen molar-refractivity contribution in [3.8, 4) is 11.5 Å². The van der Waals surface area contributed by atoms with Crippen molar-refractivity contribution in [3.05, 3.63) is 40.3 Å². The minimum Gasteiger partial charge on any atom is -0.493 e. The zero-order chi connectivity index (χ0) is 14.7. The van der Waals surface area contributed by atoms with Gasteiger partial charge in [-0.25, -0.2) is 4.98 Å². The third-order valence-electron chi connectivity index (χ3n) is 3.99. The van der Waals surface area contributed by atoms with Gasteiger partial charge >= 0.3 is 0 Å². The summed E-state index contributed by atoms with van der Waals surface area (Å²) in [6, 6.07) is 6.14. The number of hydrogen-bond acceptors (Lipinski definition) is 5. The number of rotatable bonds is 5. The van der Waals surface area contributed by atoms with Crippen LogP contribution >= 0.6 is 11.3 Å². The van der Waals surface area contributed by atoms with E-state index in [4.69, 9.17) is 9.47 Å². The maximum Gasteiger partial charge on any atom is 0.164 e. The van der Waals surface area contributed by atoms with Crippen molar-refractivity contribution in [2.45, 2.75) is 18.9 Å². The average Bonchev–Trinajstić information content (AvgIpc) is 3.18. The lowest BCUT2D eigenvalue weighted by molar-refractivity contribution is 0.322. The van der Waals surface area contributed by atoms with Crippen molar-refractivity contribution in [2.75, 3.05) is 27.3 Å². The SMILES string of the molecule is COc1cccc(C2CCN(Cc3nccs3)C2)c1OC. The van der Waals surface area contributed by atoms with Crippen LogP contribution in [-0.4, -0.2) is 37.2 Å². The Kier molecular flexibility index (Phi) is 4.41. The molecule has 0 N–H and O–H groups in total. The molecule has 2 heterocycles. The number of nitrogens with zero attached hydrogens (tertiary/aromatic N) is 2. The summed E-state index contributed by atoms with van der Waals surface area (Å²) in [5.74, 6) is 2.18. The van der Waals surface area contributed by atoms with E-state index in [0.29, 0.717) is 5.92 Å². The molecule has 5 heteroatoms. The number of para-hydroxylation sites is 1. The van der Waals surface area contributed by atoms with Crippen molar-refractivity contribution in [3.63, 3.8) is 0 Å². The number of likely N-dealkylation sites (tertiary alicyclic amines) is 1. The van der Waals surface area contributed by atoms with E-state index in [1.54, 1.807) is 25.6 Å². The Bertz CT molecular complexity index is 586. The van der Waals surface area contributed by atoms with Crippen molar-refractivity contribution in [1.29, 1.82) is 0 Å². The third kappa shape index (κ3) is 3.04. The van der Waals surface area contributed by atoms with Gasteiger partial charge in [0.25, 0.3) is 0 Å². The zero-order valence-corrected chi connectivity index (χ0v) is 13.2. The fourth-order valence-corrected chi connectivity index (χ4v) is 3.64. The molecule has 0 spiro atoms. The molecule has 1 atom stereocenters. The molecule has 1 saturated heterocycles. The standard InChI is InChI=1S/C16H20N2O2S/c1-19-14-5-3-4-13(16(14)20-2)12-6-8-18(10-12)11-15-17-7-9-21-15/h3-5,7,9,12H,6,8,10-11H2,1-2H3. The summed E-state index contributed by atoms with van der Waals surface area (Å²) in [7, 11) is 3.40. The van der Waals surface area contributed by atoms with E-state index in [0.717, 1.165) is 37.6 Å². The van der Waals surface area contributed by atoms with Gasteiger partial charge in [0.2, 0.25) is 0 Å². The minimum atomic E-state index is 0.495. The molecule has 2 aromatic rings. The van der Waals surface area contributed by atoms with E-state index in [2.05, 4.69) is 16.0 Å². The number of aromatic nitrogens is 1. The lowest BCUT2D eigenvalue weighted by atomic mass is 9.97. The Morgan fingerprint density at radius 2 is 2.24 bits per heavy atom. The summed E-state index contributed by atoms with van der Waals surface area (Å²) in [6.07, 6.45) is 3.02. The molecule has 1 aromatic carbocycles. The average molecular weight is 304 g/mol. The van der Waals surface area contributed by atoms with Crippen LogP contribution in [0, 0.1) is 0 Å². The fourth-order valence-electron chi connectivity index (χ4n) is 2.99. The number of methoxy groups -OCH3 is 2. The van der Waals surface area contributed by atoms with Crippen LogP contribution in [0.15, 0.2) is 29.8 Å². The van der Waals surface area contributed by atoms with Crippen LogP contribution in [0.3, 0.4) is 0 Å². The Morgan fingerprint density at radius 1 is 1.33 bits per heavy atom. The molecule has 112 valence electrons. The van der Waals surface area contributed by atoms with Gasteiger partial charge in [-0.05, 0) is 19.0 Å². The van der Waals surface area contributed by atoms with Crippen LogP contribution in [-0.2, 0) is 6.54 Å². The molecule has 4 nitrogen and oxygen atoms in total. The van der Waals surface area contributed by atoms with Gasteiger partial charge < -0.3 is 9.47 Å². The molecule has 0 aliphatic carbocycles. The summed E-state index contributed by atoms with van der Waals surface area (Å²) in [5.41, 5.74) is 1.25. The summed E-state index contributed by atoms with van der Waals surface area (Å²) < 4.78 is 11.0. The summed E-state index contributed by atoms with van der Waals surface area (Å²) >= 11 is 1.72. The zero-order valence-electron chi connectivity index (χ0n) is 12.4. The molecule has 0 saturated carbocycles. The highest BCUT2D eigenvalue weighted by Crippen LogP contribution is 2.39. The maximum absolute atomic E-state index is 5.57. The van der Waals surface area contributed by atoms with Gasteiger partial charge in [-0.2, -0.15) is 0 Å². The van der Waals surface area contributed by atoms with Gasteiger partial charge in [0.05, 0.1) is 20.8 Å². The smallest absolute Gasteiger partial charge is 0.164 e. The van der Waals surface area contributed by atoms with E-state index < -0.39 is 0 Å². The first kappa shape index (κ1) is 14.4. The lowest BCUT2D eigenvalue weighted by Crippen LogP contribution is -2.19. The fraction of sp³-hybridized carbons (Fsp3) is 0.438. The van der Waals surface area contributed by atoms with Crippen LogP contribution in [0.25, 0.3) is 0 Å². The molecule has 1 aliphatic heterocycles. The van der Waals surface area contributed by atoms with Gasteiger partial charge in [-0.3, -0.25) is 4.90 Å². The van der Waals surface area contributed by atoms with Crippen LogP contribution in [0.2, 0.25) is 0 Å². The molecule has 0 radical (unpaired) electrons. The second-order valence-electron chi connectivity index (χ2n) is 5.23. The molecular weight excluding hydrogens is 284 g/mol. The topological polar surface area (TPSA) is 34.6 Å². The summed E-state index contributed by atoms with van der Waals surface area (Å²) in [4.78, 5) is 6.83. The van der Waals surface area contributed by atoms with E-state index in [1.807, 2.05) is 23.7 Å². The third-order valence-corrected chi connectivity index (χ3v) is 4.75. The van der Waals surface area contributed by atoms with E-state index >= 15 is 0 Å². The Labute approximate surface area is 129 Å². The first-order chi connectivity index (χ1) is 10.3. The van der Waals surface area contributed by atoms with Gasteiger partial charge in [-0.1, -0.05) is 12.1 Å². The maximum atomic E-state index is 5.57. The molecule has 21 heavy (non-hydrogen) atoms. The number of thiazole rings is 1. The largest absolute Gasteiger partial charge is 0.493 e. The molecule has 0 bridgehead atoms. The Hall–Kier alpha value is -1.59.